The van der Waals surface area contributed by atoms with Gasteiger partial charge >= 0.3 is 0 Å². The van der Waals surface area contributed by atoms with Crippen molar-refractivity contribution in [1.29, 1.82) is 0 Å². The van der Waals surface area contributed by atoms with E-state index in [-0.39, 0.29) is 23.5 Å². The minimum atomic E-state index is -0.580. The third-order valence-corrected chi connectivity index (χ3v) is 6.15. The summed E-state index contributed by atoms with van der Waals surface area (Å²) in [6.07, 6.45) is 0. The number of hydrogen-bond acceptors (Lipinski definition) is 5. The van der Waals surface area contributed by atoms with Gasteiger partial charge in [-0.3, -0.25) is 19.7 Å². The molecular weight excluding hydrogens is 468 g/mol. The Kier molecular flexibility index (Phi) is 8.32. The van der Waals surface area contributed by atoms with Gasteiger partial charge in [-0.05, 0) is 48.4 Å². The largest absolute Gasteiger partial charge is 0.377 e. The second kappa shape index (κ2) is 11.2. The number of nitro groups is 1. The van der Waals surface area contributed by atoms with Crippen LogP contribution in [0.2, 0.25) is 0 Å². The summed E-state index contributed by atoms with van der Waals surface area (Å²) in [5, 5.41) is 13.8. The Hall–Kier alpha value is -4.20. The predicted molar refractivity (Wildman–Crippen MR) is 147 cm³/mol. The zero-order chi connectivity index (χ0) is 27.3. The second-order valence-corrected chi connectivity index (χ2v) is 10.3. The topological polar surface area (TPSA) is 95.8 Å². The van der Waals surface area contributed by atoms with E-state index in [0.717, 1.165) is 16.8 Å². The van der Waals surface area contributed by atoms with Crippen molar-refractivity contribution in [2.75, 3.05) is 24.3 Å². The summed E-state index contributed by atoms with van der Waals surface area (Å²) in [6.45, 7) is 8.10. The molecule has 1 atom stereocenters. The van der Waals surface area contributed by atoms with Crippen LogP contribution < -0.4 is 10.2 Å². The first kappa shape index (κ1) is 27.4. The van der Waals surface area contributed by atoms with E-state index in [4.69, 9.17) is 0 Å². The molecule has 0 aliphatic carbocycles. The molecule has 0 fully saturated rings. The van der Waals surface area contributed by atoms with Gasteiger partial charge in [-0.2, -0.15) is 0 Å². The van der Waals surface area contributed by atoms with Gasteiger partial charge in [0.2, 0.25) is 5.91 Å². The van der Waals surface area contributed by atoms with Crippen molar-refractivity contribution in [3.63, 3.8) is 0 Å². The van der Waals surface area contributed by atoms with Crippen molar-refractivity contribution in [3.05, 3.63) is 99.6 Å². The van der Waals surface area contributed by atoms with Gasteiger partial charge in [0.25, 0.3) is 11.6 Å². The van der Waals surface area contributed by atoms with Gasteiger partial charge < -0.3 is 15.1 Å². The lowest BCUT2D eigenvalue weighted by atomic mass is 9.92. The molecule has 0 unspecified atom stereocenters. The van der Waals surface area contributed by atoms with Crippen molar-refractivity contribution in [3.8, 4) is 0 Å². The highest BCUT2D eigenvalue weighted by Crippen LogP contribution is 2.32. The van der Waals surface area contributed by atoms with Crippen molar-refractivity contribution in [2.45, 2.75) is 40.3 Å². The maximum atomic E-state index is 13.6. The first-order valence-corrected chi connectivity index (χ1v) is 12.1. The van der Waals surface area contributed by atoms with E-state index in [9.17, 15) is 19.7 Å². The zero-order valence-corrected chi connectivity index (χ0v) is 22.2. The number of hydrogen-bond donors (Lipinski definition) is 1. The molecule has 0 saturated carbocycles. The van der Waals surface area contributed by atoms with E-state index in [2.05, 4.69) is 5.32 Å². The van der Waals surface area contributed by atoms with E-state index in [1.54, 1.807) is 6.07 Å². The molecule has 3 aromatic rings. The number of nitro benzene ring substituents is 1. The fourth-order valence-electron chi connectivity index (χ4n) is 4.07. The van der Waals surface area contributed by atoms with E-state index in [0.29, 0.717) is 17.8 Å². The fraction of sp³-hybridized carbons (Fsp3) is 0.310. The Bertz CT molecular complexity index is 1270. The number of amides is 2. The first-order chi connectivity index (χ1) is 17.4. The minimum absolute atomic E-state index is 0.0221. The highest BCUT2D eigenvalue weighted by atomic mass is 16.6. The van der Waals surface area contributed by atoms with Crippen LogP contribution in [0.25, 0.3) is 0 Å². The summed E-state index contributed by atoms with van der Waals surface area (Å²) in [6, 6.07) is 20.8. The van der Waals surface area contributed by atoms with Crippen molar-refractivity contribution in [1.82, 2.24) is 4.90 Å². The smallest absolute Gasteiger partial charge is 0.269 e. The van der Waals surface area contributed by atoms with Gasteiger partial charge in [-0.1, -0.05) is 51.1 Å². The summed E-state index contributed by atoms with van der Waals surface area (Å²) < 4.78 is 0. The highest BCUT2D eigenvalue weighted by molar-refractivity contribution is 6.04. The average molecular weight is 503 g/mol. The molecule has 2 amide bonds. The van der Waals surface area contributed by atoms with Gasteiger partial charge in [0.05, 0.1) is 11.0 Å². The number of anilines is 2. The summed E-state index contributed by atoms with van der Waals surface area (Å²) in [7, 11) is 3.87. The maximum Gasteiger partial charge on any atom is 0.269 e. The lowest BCUT2D eigenvalue weighted by Gasteiger charge is -2.35. The van der Waals surface area contributed by atoms with Crippen LogP contribution in [-0.2, 0) is 11.3 Å². The number of nitrogens with one attached hydrogen (secondary N) is 1. The van der Waals surface area contributed by atoms with Crippen LogP contribution in [0.15, 0.2) is 72.8 Å². The molecule has 37 heavy (non-hydrogen) atoms. The van der Waals surface area contributed by atoms with E-state index < -0.39 is 10.3 Å². The molecule has 8 heteroatoms. The molecular formula is C29H34N4O4. The molecule has 0 aromatic heterocycles. The number of non-ortho nitro benzene ring substituents is 1. The van der Waals surface area contributed by atoms with E-state index >= 15 is 0 Å². The van der Waals surface area contributed by atoms with Crippen molar-refractivity contribution >= 4 is 28.9 Å². The normalized spacial score (nSPS) is 11.9. The van der Waals surface area contributed by atoms with Gasteiger partial charge in [-0.15, -0.1) is 0 Å². The van der Waals surface area contributed by atoms with Crippen LogP contribution in [0.4, 0.5) is 17.1 Å². The third-order valence-electron chi connectivity index (χ3n) is 6.15. The van der Waals surface area contributed by atoms with Gasteiger partial charge in [0, 0.05) is 55.1 Å². The van der Waals surface area contributed by atoms with Gasteiger partial charge in [0.1, 0.15) is 0 Å². The Balaban J connectivity index is 1.94. The Morgan fingerprint density at radius 1 is 0.973 bits per heavy atom. The number of carbonyl (C=O) groups excluding carboxylic acids is 2. The molecule has 0 aliphatic heterocycles. The third kappa shape index (κ3) is 6.73. The van der Waals surface area contributed by atoms with Crippen LogP contribution in [0, 0.1) is 15.5 Å². The van der Waals surface area contributed by atoms with Crippen LogP contribution in [-0.4, -0.2) is 35.7 Å². The van der Waals surface area contributed by atoms with E-state index in [1.807, 2.05) is 94.1 Å². The molecule has 8 nitrogen and oxygen atoms in total. The van der Waals surface area contributed by atoms with Crippen LogP contribution in [0.1, 0.15) is 55.2 Å². The molecule has 1 N–H and O–H groups in total. The molecule has 0 spiro atoms. The summed E-state index contributed by atoms with van der Waals surface area (Å²) in [5.41, 5.74) is 3.07. The molecule has 194 valence electrons. The Morgan fingerprint density at radius 2 is 1.59 bits per heavy atom. The van der Waals surface area contributed by atoms with Gasteiger partial charge in [-0.25, -0.2) is 0 Å². The zero-order valence-electron chi connectivity index (χ0n) is 22.2. The Morgan fingerprint density at radius 3 is 2.14 bits per heavy atom. The standard InChI is InChI=1S/C29H34N4O4/c1-20(21-10-8-7-9-11-21)32(28(35)29(2,3)4)19-23-18-24(14-17-26(23)31(5)6)30-27(34)22-12-15-25(16-13-22)33(36)37/h7-18,20H,19H2,1-6H3,(H,30,34)/t20-/m0/s1. The Labute approximate surface area is 218 Å². The number of nitrogens with zero attached hydrogens (tertiary/aromatic N) is 3. The second-order valence-electron chi connectivity index (χ2n) is 10.3. The van der Waals surface area contributed by atoms with Crippen molar-refractivity contribution in [2.24, 2.45) is 5.41 Å². The first-order valence-electron chi connectivity index (χ1n) is 12.1. The number of carbonyl (C=O) groups is 2. The quantitative estimate of drug-likeness (QED) is 0.299. The molecule has 0 aliphatic rings. The van der Waals surface area contributed by atoms with Gasteiger partial charge in [0.15, 0.2) is 0 Å². The summed E-state index contributed by atoms with van der Waals surface area (Å²) >= 11 is 0. The summed E-state index contributed by atoms with van der Waals surface area (Å²) in [5.74, 6) is -0.354. The fourth-order valence-corrected chi connectivity index (χ4v) is 4.07. The number of benzene rings is 3. The molecule has 3 rings (SSSR count). The van der Waals surface area contributed by atoms with Crippen LogP contribution >= 0.6 is 0 Å². The van der Waals surface area contributed by atoms with Crippen LogP contribution in [0.3, 0.4) is 0 Å². The molecule has 3 aromatic carbocycles. The van der Waals surface area contributed by atoms with E-state index in [1.165, 1.54) is 24.3 Å². The minimum Gasteiger partial charge on any atom is -0.377 e. The van der Waals surface area contributed by atoms with Crippen molar-refractivity contribution < 1.29 is 14.5 Å². The number of rotatable bonds is 8. The molecule has 0 saturated heterocycles. The monoisotopic (exact) mass is 502 g/mol. The molecule has 0 heterocycles. The lowest BCUT2D eigenvalue weighted by Crippen LogP contribution is -2.40. The maximum absolute atomic E-state index is 13.6. The molecule has 0 bridgehead atoms. The lowest BCUT2D eigenvalue weighted by molar-refractivity contribution is -0.384. The summed E-state index contributed by atoms with van der Waals surface area (Å²) in [4.78, 5) is 40.7. The average Bonchev–Trinajstić information content (AvgIpc) is 2.86. The van der Waals surface area contributed by atoms with Crippen LogP contribution in [0.5, 0.6) is 0 Å². The predicted octanol–water partition coefficient (Wildman–Crippen LogP) is 6.05. The SMILES string of the molecule is C[C@@H](c1ccccc1)N(Cc1cc(NC(=O)c2ccc([N+](=O)[O-])cc2)ccc1N(C)C)C(=O)C(C)(C)C. The highest BCUT2D eigenvalue weighted by Gasteiger charge is 2.31. The molecule has 0 radical (unpaired) electrons.